The summed E-state index contributed by atoms with van der Waals surface area (Å²) in [6.07, 6.45) is 3.11. The van der Waals surface area contributed by atoms with Crippen molar-refractivity contribution in [1.82, 2.24) is 4.57 Å². The van der Waals surface area contributed by atoms with Crippen molar-refractivity contribution in [2.75, 3.05) is 13.2 Å². The molecule has 4 aromatic rings. The minimum absolute atomic E-state index is 0.145. The lowest BCUT2D eigenvalue weighted by Gasteiger charge is -2.14. The Balaban J connectivity index is 1.31. The minimum atomic E-state index is -0.813. The van der Waals surface area contributed by atoms with E-state index in [4.69, 9.17) is 9.47 Å². The van der Waals surface area contributed by atoms with Gasteiger partial charge in [0.05, 0.1) is 12.6 Å². The van der Waals surface area contributed by atoms with Gasteiger partial charge in [0.15, 0.2) is 11.6 Å². The number of ether oxygens (including phenoxy) is 2. The van der Waals surface area contributed by atoms with Gasteiger partial charge in [-0.2, -0.15) is 0 Å². The zero-order valence-electron chi connectivity index (χ0n) is 19.0. The summed E-state index contributed by atoms with van der Waals surface area (Å²) < 4.78 is 13.7. The molecule has 5 heteroatoms. The highest BCUT2D eigenvalue weighted by Crippen LogP contribution is 2.38. The normalized spacial score (nSPS) is 19.7. The molecule has 34 heavy (non-hydrogen) atoms. The number of rotatable bonds is 5. The zero-order valence-corrected chi connectivity index (χ0v) is 19.0. The molecule has 1 aliphatic heterocycles. The fourth-order valence-corrected chi connectivity index (χ4v) is 5.17. The van der Waals surface area contributed by atoms with Gasteiger partial charge in [-0.1, -0.05) is 42.5 Å². The summed E-state index contributed by atoms with van der Waals surface area (Å²) >= 11 is 0. The van der Waals surface area contributed by atoms with E-state index < -0.39 is 5.92 Å². The van der Waals surface area contributed by atoms with Crippen LogP contribution >= 0.6 is 0 Å². The van der Waals surface area contributed by atoms with Crippen LogP contribution in [0.1, 0.15) is 55.8 Å². The van der Waals surface area contributed by atoms with E-state index in [1.165, 1.54) is 5.56 Å². The Morgan fingerprint density at radius 3 is 2.59 bits per heavy atom. The molecule has 0 saturated carbocycles. The third-order valence-electron chi connectivity index (χ3n) is 6.98. The zero-order chi connectivity index (χ0) is 23.2. The van der Waals surface area contributed by atoms with Crippen molar-refractivity contribution in [1.29, 1.82) is 0 Å². The first-order valence-electron chi connectivity index (χ1n) is 11.7. The molecule has 170 valence electrons. The number of ketones is 2. The second kappa shape index (κ2) is 8.26. The maximum atomic E-state index is 13.4. The first-order chi connectivity index (χ1) is 16.6. The van der Waals surface area contributed by atoms with Crippen LogP contribution in [0.2, 0.25) is 0 Å². The Morgan fingerprint density at radius 1 is 0.971 bits per heavy atom. The lowest BCUT2D eigenvalue weighted by atomic mass is 9.93. The number of carbonyl (C=O) groups is 2. The standard InChI is InChI=1S/C29H25NO4/c1-18-15-30(21-11-12-33-17-21)26-13-20(7-9-23(18)26)27-28(31)24-10-8-22(14-25(24)29(27)32)34-16-19-5-3-2-4-6-19/h2-10,13-15,21,27H,11-12,16-17H2,1H3. The van der Waals surface area contributed by atoms with Crippen LogP contribution in [0.5, 0.6) is 5.75 Å². The molecule has 2 atom stereocenters. The molecule has 0 bridgehead atoms. The number of carbonyl (C=O) groups excluding carboxylic acids is 2. The number of Topliss-reactive ketones (excluding diaryl/α,β-unsaturated/α-hetero) is 2. The number of fused-ring (bicyclic) bond motifs is 2. The van der Waals surface area contributed by atoms with Gasteiger partial charge in [-0.05, 0) is 54.3 Å². The highest BCUT2D eigenvalue weighted by Gasteiger charge is 2.40. The van der Waals surface area contributed by atoms with Crippen molar-refractivity contribution in [2.24, 2.45) is 0 Å². The highest BCUT2D eigenvalue weighted by atomic mass is 16.5. The van der Waals surface area contributed by atoms with Crippen molar-refractivity contribution in [2.45, 2.75) is 31.9 Å². The summed E-state index contributed by atoms with van der Waals surface area (Å²) in [5, 5.41) is 1.14. The van der Waals surface area contributed by atoms with Crippen molar-refractivity contribution in [3.05, 3.63) is 101 Å². The predicted octanol–water partition coefficient (Wildman–Crippen LogP) is 5.65. The fourth-order valence-electron chi connectivity index (χ4n) is 5.17. The molecule has 2 heterocycles. The summed E-state index contributed by atoms with van der Waals surface area (Å²) in [7, 11) is 0. The molecule has 3 aromatic carbocycles. The van der Waals surface area contributed by atoms with Gasteiger partial charge >= 0.3 is 0 Å². The maximum absolute atomic E-state index is 13.4. The van der Waals surface area contributed by atoms with Crippen LogP contribution in [-0.4, -0.2) is 29.3 Å². The molecular formula is C29H25NO4. The molecule has 0 amide bonds. The van der Waals surface area contributed by atoms with Gasteiger partial charge in [0.25, 0.3) is 0 Å². The number of aromatic nitrogens is 1. The van der Waals surface area contributed by atoms with E-state index in [-0.39, 0.29) is 17.6 Å². The monoisotopic (exact) mass is 451 g/mol. The number of hydrogen-bond acceptors (Lipinski definition) is 4. The smallest absolute Gasteiger partial charge is 0.178 e. The number of nitrogens with zero attached hydrogens (tertiary/aromatic N) is 1. The van der Waals surface area contributed by atoms with Crippen molar-refractivity contribution in [3.8, 4) is 5.75 Å². The van der Waals surface area contributed by atoms with Gasteiger partial charge in [0.1, 0.15) is 18.3 Å². The lowest BCUT2D eigenvalue weighted by molar-refractivity contribution is 0.0890. The largest absolute Gasteiger partial charge is 0.489 e. The molecule has 5 nitrogen and oxygen atoms in total. The Bertz CT molecular complexity index is 1410. The van der Waals surface area contributed by atoms with E-state index in [2.05, 4.69) is 17.7 Å². The van der Waals surface area contributed by atoms with E-state index in [1.54, 1.807) is 18.2 Å². The van der Waals surface area contributed by atoms with Crippen LogP contribution in [0.15, 0.2) is 72.9 Å². The van der Waals surface area contributed by atoms with E-state index >= 15 is 0 Å². The predicted molar refractivity (Wildman–Crippen MR) is 130 cm³/mol. The number of aryl methyl sites for hydroxylation is 1. The third kappa shape index (κ3) is 3.44. The third-order valence-corrected chi connectivity index (χ3v) is 6.98. The molecule has 2 aliphatic rings. The van der Waals surface area contributed by atoms with Crippen LogP contribution in [0.3, 0.4) is 0 Å². The van der Waals surface area contributed by atoms with Gasteiger partial charge in [-0.3, -0.25) is 9.59 Å². The van der Waals surface area contributed by atoms with Crippen LogP contribution in [0, 0.1) is 6.92 Å². The van der Waals surface area contributed by atoms with Crippen molar-refractivity contribution < 1.29 is 19.1 Å². The van der Waals surface area contributed by atoms with E-state index in [9.17, 15) is 9.59 Å². The SMILES string of the molecule is Cc1cn(C2CCOC2)c2cc(C3C(=O)c4ccc(OCc5ccccc5)cc4C3=O)ccc12. The van der Waals surface area contributed by atoms with Gasteiger partial charge in [0.2, 0.25) is 0 Å². The first-order valence-corrected chi connectivity index (χ1v) is 11.7. The molecule has 0 spiro atoms. The summed E-state index contributed by atoms with van der Waals surface area (Å²) in [5.74, 6) is -0.533. The summed E-state index contributed by atoms with van der Waals surface area (Å²) in [5.41, 5.74) is 4.93. The molecule has 0 N–H and O–H groups in total. The topological polar surface area (TPSA) is 57.5 Å². The average Bonchev–Trinajstić information content (AvgIpc) is 3.56. The summed E-state index contributed by atoms with van der Waals surface area (Å²) in [4.78, 5) is 26.7. The quantitative estimate of drug-likeness (QED) is 0.368. The van der Waals surface area contributed by atoms with Gasteiger partial charge < -0.3 is 14.0 Å². The Hall–Kier alpha value is -3.70. The number of benzene rings is 3. The van der Waals surface area contributed by atoms with Crippen LogP contribution in [0.25, 0.3) is 10.9 Å². The second-order valence-electron chi connectivity index (χ2n) is 9.16. The van der Waals surface area contributed by atoms with Crippen molar-refractivity contribution >= 4 is 22.5 Å². The van der Waals surface area contributed by atoms with Crippen molar-refractivity contribution in [3.63, 3.8) is 0 Å². The average molecular weight is 452 g/mol. The Labute approximate surface area is 197 Å². The highest BCUT2D eigenvalue weighted by molar-refractivity contribution is 6.30. The summed E-state index contributed by atoms with van der Waals surface area (Å²) in [6, 6.07) is 21.3. The fraction of sp³-hybridized carbons (Fsp3) is 0.241. The van der Waals surface area contributed by atoms with E-state index in [1.807, 2.05) is 48.5 Å². The van der Waals surface area contributed by atoms with E-state index in [0.29, 0.717) is 30.1 Å². The molecule has 2 unspecified atom stereocenters. The lowest BCUT2D eigenvalue weighted by Crippen LogP contribution is -2.13. The summed E-state index contributed by atoms with van der Waals surface area (Å²) in [6.45, 7) is 3.94. The first kappa shape index (κ1) is 20.9. The molecule has 1 aliphatic carbocycles. The molecule has 6 rings (SSSR count). The van der Waals surface area contributed by atoms with Crippen LogP contribution in [-0.2, 0) is 11.3 Å². The van der Waals surface area contributed by atoms with Gasteiger partial charge in [-0.15, -0.1) is 0 Å². The van der Waals surface area contributed by atoms with E-state index in [0.717, 1.165) is 35.1 Å². The second-order valence-corrected chi connectivity index (χ2v) is 9.16. The molecule has 1 fully saturated rings. The van der Waals surface area contributed by atoms with Gasteiger partial charge in [0, 0.05) is 34.8 Å². The molecule has 1 aromatic heterocycles. The van der Waals surface area contributed by atoms with Gasteiger partial charge in [-0.25, -0.2) is 0 Å². The minimum Gasteiger partial charge on any atom is -0.489 e. The van der Waals surface area contributed by atoms with Crippen LogP contribution < -0.4 is 4.74 Å². The van der Waals surface area contributed by atoms with Crippen LogP contribution in [0.4, 0.5) is 0 Å². The molecule has 1 saturated heterocycles. The molecule has 0 radical (unpaired) electrons. The molecular weight excluding hydrogens is 426 g/mol. The number of hydrogen-bond donors (Lipinski definition) is 0. The Morgan fingerprint density at radius 2 is 1.79 bits per heavy atom. The Kier molecular flexibility index (Phi) is 5.07. The maximum Gasteiger partial charge on any atom is 0.178 e.